The molecule has 170 valence electrons. The number of rotatable bonds is 8. The molecule has 1 N–H and O–H groups in total. The third kappa shape index (κ3) is 5.80. The van der Waals surface area contributed by atoms with Crippen LogP contribution in [0.3, 0.4) is 0 Å². The van der Waals surface area contributed by atoms with Crippen LogP contribution in [0.25, 0.3) is 0 Å². The van der Waals surface area contributed by atoms with Crippen LogP contribution in [0, 0.1) is 17.0 Å². The first kappa shape index (κ1) is 23.6. The number of benzene rings is 3. The molecule has 0 aliphatic carbocycles. The molecule has 0 radical (unpaired) electrons. The standard InChI is InChI=1S/C23H22N4O5S/c1-17-7-6-8-21(15-17)26(33(31,32)22-9-4-3-5-10-22)16-23(28)25-24-18(2)19-11-13-20(14-12-19)27(29)30/h3-15H,16H2,1-2H3,(H,25,28)/b24-18-. The van der Waals surface area contributed by atoms with E-state index in [1.807, 2.05) is 13.0 Å². The summed E-state index contributed by atoms with van der Waals surface area (Å²) in [4.78, 5) is 23.0. The molecule has 1 amide bonds. The molecule has 10 heteroatoms. The Balaban J connectivity index is 1.83. The Morgan fingerprint density at radius 2 is 1.70 bits per heavy atom. The number of hydrogen-bond donors (Lipinski definition) is 1. The van der Waals surface area contributed by atoms with Crippen molar-refractivity contribution in [1.29, 1.82) is 0 Å². The number of nitrogens with one attached hydrogen (secondary N) is 1. The highest BCUT2D eigenvalue weighted by atomic mass is 32.2. The fraction of sp³-hybridized carbons (Fsp3) is 0.130. The summed E-state index contributed by atoms with van der Waals surface area (Å²) in [6.45, 7) is 2.97. The number of anilines is 1. The molecule has 0 atom stereocenters. The van der Waals surface area contributed by atoms with Gasteiger partial charge in [0.25, 0.3) is 21.6 Å². The number of nitro benzene ring substituents is 1. The number of hydrazone groups is 1. The van der Waals surface area contributed by atoms with Crippen LogP contribution < -0.4 is 9.73 Å². The third-order valence-electron chi connectivity index (χ3n) is 4.75. The molecule has 0 aliphatic heterocycles. The first-order chi connectivity index (χ1) is 15.7. The summed E-state index contributed by atoms with van der Waals surface area (Å²) in [5, 5.41) is 14.8. The molecule has 0 bridgehead atoms. The Bertz CT molecular complexity index is 1290. The second-order valence-electron chi connectivity index (χ2n) is 7.20. The van der Waals surface area contributed by atoms with Crippen LogP contribution in [0.15, 0.2) is 88.9 Å². The molecule has 3 aromatic carbocycles. The molecule has 0 aliphatic rings. The number of aryl methyl sites for hydroxylation is 1. The van der Waals surface area contributed by atoms with E-state index in [0.717, 1.165) is 9.87 Å². The summed E-state index contributed by atoms with van der Waals surface area (Å²) in [5.74, 6) is -0.641. The van der Waals surface area contributed by atoms with Crippen LogP contribution >= 0.6 is 0 Å². The van der Waals surface area contributed by atoms with Crippen molar-refractivity contribution < 1.29 is 18.1 Å². The van der Waals surface area contributed by atoms with Crippen LogP contribution in [-0.2, 0) is 14.8 Å². The van der Waals surface area contributed by atoms with Gasteiger partial charge in [0.1, 0.15) is 6.54 Å². The van der Waals surface area contributed by atoms with E-state index < -0.39 is 27.4 Å². The summed E-state index contributed by atoms with van der Waals surface area (Å²) in [6, 6.07) is 20.4. The maximum atomic E-state index is 13.3. The average molecular weight is 467 g/mol. The Morgan fingerprint density at radius 3 is 2.30 bits per heavy atom. The van der Waals surface area contributed by atoms with Crippen molar-refractivity contribution in [2.45, 2.75) is 18.7 Å². The summed E-state index contributed by atoms with van der Waals surface area (Å²) in [5.41, 5.74) is 4.48. The second-order valence-corrected chi connectivity index (χ2v) is 9.06. The minimum Gasteiger partial charge on any atom is -0.271 e. The monoisotopic (exact) mass is 466 g/mol. The van der Waals surface area contributed by atoms with Crippen LogP contribution in [-0.4, -0.2) is 31.5 Å². The fourth-order valence-electron chi connectivity index (χ4n) is 3.02. The van der Waals surface area contributed by atoms with E-state index >= 15 is 0 Å². The van der Waals surface area contributed by atoms with Gasteiger partial charge >= 0.3 is 0 Å². The molecule has 0 unspecified atom stereocenters. The predicted molar refractivity (Wildman–Crippen MR) is 126 cm³/mol. The first-order valence-corrected chi connectivity index (χ1v) is 11.3. The molecule has 3 rings (SSSR count). The summed E-state index contributed by atoms with van der Waals surface area (Å²) >= 11 is 0. The van der Waals surface area contributed by atoms with E-state index in [1.54, 1.807) is 43.3 Å². The Labute approximate surface area is 191 Å². The van der Waals surface area contributed by atoms with Crippen molar-refractivity contribution in [2.75, 3.05) is 10.8 Å². The Kier molecular flexibility index (Phi) is 7.19. The van der Waals surface area contributed by atoms with Crippen molar-refractivity contribution in [2.24, 2.45) is 5.10 Å². The summed E-state index contributed by atoms with van der Waals surface area (Å²) in [7, 11) is -4.01. The highest BCUT2D eigenvalue weighted by molar-refractivity contribution is 7.92. The van der Waals surface area contributed by atoms with Crippen LogP contribution in [0.5, 0.6) is 0 Å². The smallest absolute Gasteiger partial charge is 0.269 e. The molecule has 0 aromatic heterocycles. The minimum absolute atomic E-state index is 0.0597. The molecule has 33 heavy (non-hydrogen) atoms. The minimum atomic E-state index is -4.01. The zero-order chi connectivity index (χ0) is 24.0. The van der Waals surface area contributed by atoms with Crippen molar-refractivity contribution in [3.8, 4) is 0 Å². The van der Waals surface area contributed by atoms with Gasteiger partial charge in [-0.2, -0.15) is 5.10 Å². The lowest BCUT2D eigenvalue weighted by Gasteiger charge is -2.24. The molecule has 0 fully saturated rings. The van der Waals surface area contributed by atoms with E-state index in [4.69, 9.17) is 0 Å². The quantitative estimate of drug-likeness (QED) is 0.309. The van der Waals surface area contributed by atoms with Gasteiger partial charge in [-0.1, -0.05) is 30.3 Å². The zero-order valence-corrected chi connectivity index (χ0v) is 18.8. The van der Waals surface area contributed by atoms with Crippen molar-refractivity contribution in [3.05, 3.63) is 100 Å². The van der Waals surface area contributed by atoms with Crippen LogP contribution in [0.1, 0.15) is 18.1 Å². The van der Waals surface area contributed by atoms with Crippen LogP contribution in [0.2, 0.25) is 0 Å². The van der Waals surface area contributed by atoms with Gasteiger partial charge in [0, 0.05) is 12.1 Å². The number of non-ortho nitro benzene ring substituents is 1. The summed E-state index contributed by atoms with van der Waals surface area (Å²) < 4.78 is 27.6. The fourth-order valence-corrected chi connectivity index (χ4v) is 4.45. The van der Waals surface area contributed by atoms with Crippen molar-refractivity contribution in [1.82, 2.24) is 5.43 Å². The van der Waals surface area contributed by atoms with Gasteiger partial charge in [0.15, 0.2) is 0 Å². The average Bonchev–Trinajstić information content (AvgIpc) is 2.81. The van der Waals surface area contributed by atoms with Gasteiger partial charge in [0.05, 0.1) is 21.2 Å². The molecule has 3 aromatic rings. The van der Waals surface area contributed by atoms with E-state index in [0.29, 0.717) is 17.0 Å². The van der Waals surface area contributed by atoms with Crippen LogP contribution in [0.4, 0.5) is 11.4 Å². The third-order valence-corrected chi connectivity index (χ3v) is 6.54. The summed E-state index contributed by atoms with van der Waals surface area (Å²) in [6.07, 6.45) is 0. The number of carbonyl (C=O) groups excluding carboxylic acids is 1. The molecule has 0 saturated heterocycles. The molecule has 0 spiro atoms. The van der Waals surface area contributed by atoms with Gasteiger partial charge in [-0.25, -0.2) is 13.8 Å². The van der Waals surface area contributed by atoms with E-state index in [2.05, 4.69) is 10.5 Å². The number of sulfonamides is 1. The SMILES string of the molecule is C/C(=N/NC(=O)CN(c1cccc(C)c1)S(=O)(=O)c1ccccc1)c1ccc([N+](=O)[O-])cc1. The van der Waals surface area contributed by atoms with Crippen molar-refractivity contribution >= 4 is 33.0 Å². The zero-order valence-electron chi connectivity index (χ0n) is 18.0. The number of nitrogens with zero attached hydrogens (tertiary/aromatic N) is 3. The molecular weight excluding hydrogens is 444 g/mol. The van der Waals surface area contributed by atoms with Crippen molar-refractivity contribution in [3.63, 3.8) is 0 Å². The van der Waals surface area contributed by atoms with Gasteiger partial charge < -0.3 is 0 Å². The first-order valence-electron chi connectivity index (χ1n) is 9.91. The normalized spacial score (nSPS) is 11.6. The molecule has 0 saturated carbocycles. The largest absolute Gasteiger partial charge is 0.271 e. The van der Waals surface area contributed by atoms with E-state index in [9.17, 15) is 23.3 Å². The highest BCUT2D eigenvalue weighted by Gasteiger charge is 2.27. The highest BCUT2D eigenvalue weighted by Crippen LogP contribution is 2.24. The lowest BCUT2D eigenvalue weighted by Crippen LogP contribution is -2.39. The maximum Gasteiger partial charge on any atom is 0.269 e. The van der Waals surface area contributed by atoms with E-state index in [1.165, 1.54) is 36.4 Å². The maximum absolute atomic E-state index is 13.3. The van der Waals surface area contributed by atoms with Gasteiger partial charge in [-0.05, 0) is 61.4 Å². The lowest BCUT2D eigenvalue weighted by atomic mass is 10.1. The molecule has 9 nitrogen and oxygen atoms in total. The molecule has 0 heterocycles. The predicted octanol–water partition coefficient (Wildman–Crippen LogP) is 3.64. The topological polar surface area (TPSA) is 122 Å². The number of amides is 1. The van der Waals surface area contributed by atoms with E-state index in [-0.39, 0.29) is 10.6 Å². The van der Waals surface area contributed by atoms with Gasteiger partial charge in [-0.3, -0.25) is 19.2 Å². The number of carbonyl (C=O) groups is 1. The van der Waals surface area contributed by atoms with Gasteiger partial charge in [-0.15, -0.1) is 0 Å². The Morgan fingerprint density at radius 1 is 1.03 bits per heavy atom. The molecular formula is C23H22N4O5S. The second kappa shape index (κ2) is 10.0. The lowest BCUT2D eigenvalue weighted by molar-refractivity contribution is -0.384. The number of hydrogen-bond acceptors (Lipinski definition) is 6. The Hall–Kier alpha value is -4.05. The van der Waals surface area contributed by atoms with Gasteiger partial charge in [0.2, 0.25) is 0 Å². The number of nitro groups is 1.